The first-order chi connectivity index (χ1) is 31.6. The van der Waals surface area contributed by atoms with Crippen molar-refractivity contribution in [3.05, 3.63) is 198 Å². The number of rotatable bonds is 5. The van der Waals surface area contributed by atoms with Gasteiger partial charge in [0, 0.05) is 49.9 Å². The molecular weight excluding hydrogens is 801 g/mol. The van der Waals surface area contributed by atoms with E-state index in [0.29, 0.717) is 0 Å². The van der Waals surface area contributed by atoms with Crippen LogP contribution < -0.4 is 0 Å². The van der Waals surface area contributed by atoms with E-state index in [4.69, 9.17) is 9.97 Å². The molecule has 326 valence electrons. The monoisotopic (exact) mass is 858 g/mol. The summed E-state index contributed by atoms with van der Waals surface area (Å²) in [7, 11) is 0. The molecule has 4 nitrogen and oxygen atoms in total. The Labute approximate surface area is 389 Å². The Kier molecular flexibility index (Phi) is 10.5. The van der Waals surface area contributed by atoms with Crippen LogP contribution in [0.1, 0.15) is 95.1 Å². The molecule has 0 unspecified atom stereocenters. The van der Waals surface area contributed by atoms with Gasteiger partial charge in [0.05, 0.1) is 22.8 Å². The number of hydrogen-bond donors (Lipinski definition) is 2. The van der Waals surface area contributed by atoms with Crippen LogP contribution in [0.25, 0.3) is 90.4 Å². The van der Waals surface area contributed by atoms with Crippen molar-refractivity contribution in [3.8, 4) is 44.5 Å². The maximum absolute atomic E-state index is 5.91. The van der Waals surface area contributed by atoms with Gasteiger partial charge in [0.15, 0.2) is 0 Å². The van der Waals surface area contributed by atoms with Gasteiger partial charge in [0.25, 0.3) is 0 Å². The molecule has 10 rings (SSSR count). The molecule has 2 aliphatic rings. The summed E-state index contributed by atoms with van der Waals surface area (Å²) in [6, 6.07) is 38.2. The Morgan fingerprint density at radius 1 is 0.318 bits per heavy atom. The van der Waals surface area contributed by atoms with Crippen molar-refractivity contribution in [1.82, 2.24) is 19.9 Å². The molecule has 0 saturated carbocycles. The fourth-order valence-corrected chi connectivity index (χ4v) is 11.5. The Hall–Kier alpha value is -7.30. The molecule has 0 radical (unpaired) electrons. The number of H-pyrrole nitrogens is 2. The summed E-state index contributed by atoms with van der Waals surface area (Å²) in [5.74, 6) is 0. The zero-order chi connectivity index (χ0) is 46.3. The number of nitrogens with one attached hydrogen (secondary N) is 2. The average molecular weight is 859 g/mol. The third-order valence-corrected chi connectivity index (χ3v) is 13.7. The molecule has 66 heavy (non-hydrogen) atoms. The minimum atomic E-state index is 0.919. The van der Waals surface area contributed by atoms with E-state index >= 15 is 0 Å². The molecule has 8 bridgehead atoms. The van der Waals surface area contributed by atoms with Crippen LogP contribution in [0.15, 0.2) is 103 Å². The highest BCUT2D eigenvalue weighted by molar-refractivity contribution is 6.06. The Balaban J connectivity index is 1.50. The highest BCUT2D eigenvalue weighted by atomic mass is 14.8. The Morgan fingerprint density at radius 3 is 1.00 bits per heavy atom. The predicted octanol–water partition coefficient (Wildman–Crippen LogP) is 16.4. The fraction of sp³-hybridized carbons (Fsp3) is 0.194. The fourth-order valence-electron chi connectivity index (χ4n) is 11.5. The Bertz CT molecular complexity index is 3490. The molecule has 3 aromatic heterocycles. The molecule has 0 saturated heterocycles. The lowest BCUT2D eigenvalue weighted by atomic mass is 9.89. The van der Waals surface area contributed by atoms with Crippen LogP contribution in [0.3, 0.4) is 0 Å². The molecule has 0 aliphatic carbocycles. The lowest BCUT2D eigenvalue weighted by Gasteiger charge is -2.16. The topological polar surface area (TPSA) is 57.4 Å². The molecule has 0 amide bonds. The van der Waals surface area contributed by atoms with Crippen LogP contribution in [-0.2, 0) is 0 Å². The van der Waals surface area contributed by atoms with Crippen LogP contribution in [0.4, 0.5) is 0 Å². The third-order valence-electron chi connectivity index (χ3n) is 13.7. The van der Waals surface area contributed by atoms with Gasteiger partial charge in [-0.25, -0.2) is 9.97 Å². The smallest absolute Gasteiger partial charge is 0.0815 e. The standard InChI is InChI=1S/C62H58N4/c1-33-24-37(5)54(38(6)25-33)58-47-18-19-48(63-47)59(55-39(7)26-34(2)27-40(55)8)50-22-23-52(65-50)61(57-43(11)30-36(4)31-44(57)12)62-46(45-16-14-13-15-17-45)32-53(66-62)60(51-21-20-49(58)64-51)56-41(9)28-35(3)29-42(56)10/h13-32,64-65H,1-12H3. The second-order valence-electron chi connectivity index (χ2n) is 19.2. The molecule has 4 heteroatoms. The summed E-state index contributed by atoms with van der Waals surface area (Å²) in [5.41, 5.74) is 33.7. The zero-order valence-corrected chi connectivity index (χ0v) is 40.4. The quantitative estimate of drug-likeness (QED) is 0.181. The van der Waals surface area contributed by atoms with Gasteiger partial charge in [-0.05, 0) is 198 Å². The first-order valence-corrected chi connectivity index (χ1v) is 23.2. The number of hydrogen-bond acceptors (Lipinski definition) is 2. The molecule has 5 heterocycles. The van der Waals surface area contributed by atoms with E-state index in [9.17, 15) is 0 Å². The molecule has 8 aromatic rings. The number of fused-ring (bicyclic) bond motifs is 8. The van der Waals surface area contributed by atoms with Gasteiger partial charge in [0.2, 0.25) is 0 Å². The normalized spacial score (nSPS) is 12.3. The first kappa shape index (κ1) is 42.6. The maximum atomic E-state index is 5.91. The highest BCUT2D eigenvalue weighted by Gasteiger charge is 2.26. The summed E-state index contributed by atoms with van der Waals surface area (Å²) in [6.45, 7) is 26.6. The summed E-state index contributed by atoms with van der Waals surface area (Å²) < 4.78 is 0. The van der Waals surface area contributed by atoms with Gasteiger partial charge in [-0.1, -0.05) is 101 Å². The summed E-state index contributed by atoms with van der Waals surface area (Å²) in [4.78, 5) is 19.7. The van der Waals surface area contributed by atoms with Crippen molar-refractivity contribution < 1.29 is 0 Å². The van der Waals surface area contributed by atoms with Gasteiger partial charge in [-0.2, -0.15) is 0 Å². The van der Waals surface area contributed by atoms with E-state index in [2.05, 4.69) is 214 Å². The molecule has 2 N–H and O–H groups in total. The van der Waals surface area contributed by atoms with E-state index in [0.717, 1.165) is 78.2 Å². The van der Waals surface area contributed by atoms with Crippen LogP contribution in [0, 0.1) is 83.1 Å². The van der Waals surface area contributed by atoms with Crippen molar-refractivity contribution in [3.63, 3.8) is 0 Å². The van der Waals surface area contributed by atoms with Crippen LogP contribution in [0.5, 0.6) is 0 Å². The van der Waals surface area contributed by atoms with Gasteiger partial charge in [-0.15, -0.1) is 0 Å². The molecule has 0 atom stereocenters. The van der Waals surface area contributed by atoms with E-state index < -0.39 is 0 Å². The van der Waals surface area contributed by atoms with Crippen LogP contribution in [0.2, 0.25) is 0 Å². The van der Waals surface area contributed by atoms with E-state index in [-0.39, 0.29) is 0 Å². The highest BCUT2D eigenvalue weighted by Crippen LogP contribution is 2.45. The van der Waals surface area contributed by atoms with Crippen LogP contribution >= 0.6 is 0 Å². The number of nitrogens with zero attached hydrogens (tertiary/aromatic N) is 2. The summed E-state index contributed by atoms with van der Waals surface area (Å²) >= 11 is 0. The average Bonchev–Trinajstić information content (AvgIpc) is 4.08. The minimum absolute atomic E-state index is 0.919. The summed E-state index contributed by atoms with van der Waals surface area (Å²) in [5, 5.41) is 0. The molecule has 0 spiro atoms. The van der Waals surface area contributed by atoms with Gasteiger partial charge < -0.3 is 9.97 Å². The number of aryl methyl sites for hydroxylation is 12. The third kappa shape index (κ3) is 7.26. The summed E-state index contributed by atoms with van der Waals surface area (Å²) in [6.07, 6.45) is 6.77. The van der Waals surface area contributed by atoms with Gasteiger partial charge >= 0.3 is 0 Å². The Morgan fingerprint density at radius 2 is 0.636 bits per heavy atom. The molecular formula is C62H58N4. The number of aromatic nitrogens is 4. The van der Waals surface area contributed by atoms with E-state index in [1.165, 1.54) is 89.0 Å². The lowest BCUT2D eigenvalue weighted by molar-refractivity contribution is 1.26. The number of aromatic amines is 2. The van der Waals surface area contributed by atoms with E-state index in [1.807, 2.05) is 0 Å². The maximum Gasteiger partial charge on any atom is 0.0815 e. The second-order valence-corrected chi connectivity index (χ2v) is 19.2. The SMILES string of the molecule is Cc1cc(C)c(-c2c3nc(c(-c4c(C)cc(C)cc4C)c4ccc([nH]4)c(-c4c(C)cc(C)cc4C)c4nc(c(-c5c(C)cc(C)cc5C)c5ccc2[nH]5)C=C4c2ccccc2)C=C3)c(C)c1. The minimum Gasteiger partial charge on any atom is -0.354 e. The van der Waals surface area contributed by atoms with Gasteiger partial charge in [0.1, 0.15) is 0 Å². The second kappa shape index (κ2) is 16.3. The lowest BCUT2D eigenvalue weighted by Crippen LogP contribution is -1.97. The zero-order valence-electron chi connectivity index (χ0n) is 40.4. The van der Waals surface area contributed by atoms with Crippen molar-refractivity contribution in [2.75, 3.05) is 0 Å². The van der Waals surface area contributed by atoms with Crippen molar-refractivity contribution in [1.29, 1.82) is 0 Å². The molecule has 0 fully saturated rings. The largest absolute Gasteiger partial charge is 0.354 e. The van der Waals surface area contributed by atoms with Crippen molar-refractivity contribution in [2.24, 2.45) is 0 Å². The van der Waals surface area contributed by atoms with Crippen molar-refractivity contribution >= 4 is 45.9 Å². The van der Waals surface area contributed by atoms with Gasteiger partial charge in [-0.3, -0.25) is 0 Å². The number of benzene rings is 5. The predicted molar refractivity (Wildman–Crippen MR) is 282 cm³/mol. The van der Waals surface area contributed by atoms with Crippen molar-refractivity contribution in [2.45, 2.75) is 83.1 Å². The van der Waals surface area contributed by atoms with Crippen LogP contribution in [-0.4, -0.2) is 19.9 Å². The molecule has 5 aromatic carbocycles. The molecule has 2 aliphatic heterocycles. The first-order valence-electron chi connectivity index (χ1n) is 23.2. The van der Waals surface area contributed by atoms with E-state index in [1.54, 1.807) is 0 Å².